The third-order valence-electron chi connectivity index (χ3n) is 5.31. The highest BCUT2D eigenvalue weighted by atomic mass is 19.1. The molecule has 0 aliphatic heterocycles. The maximum atomic E-state index is 13.3. The second-order valence-corrected chi connectivity index (χ2v) is 6.35. The molecule has 3 fully saturated rings. The molecule has 3 aliphatic carbocycles. The summed E-state index contributed by atoms with van der Waals surface area (Å²) in [6.45, 7) is 0. The van der Waals surface area contributed by atoms with Crippen molar-refractivity contribution in [1.29, 1.82) is 0 Å². The molecule has 0 atom stereocenters. The summed E-state index contributed by atoms with van der Waals surface area (Å²) in [5.74, 6) is -2.57. The molecule has 0 aromatic heterocycles. The third-order valence-corrected chi connectivity index (χ3v) is 5.31. The molecule has 2 bridgehead atoms. The fourth-order valence-corrected chi connectivity index (χ4v) is 3.84. The molecule has 3 aliphatic rings. The number of fused-ring (bicyclic) bond motifs is 3. The van der Waals surface area contributed by atoms with E-state index in [1.54, 1.807) is 0 Å². The molecule has 3 saturated carbocycles. The van der Waals surface area contributed by atoms with Crippen LogP contribution in [-0.4, -0.2) is 16.9 Å². The van der Waals surface area contributed by atoms with Crippen LogP contribution in [0.1, 0.15) is 48.9 Å². The van der Waals surface area contributed by atoms with Gasteiger partial charge in [0.1, 0.15) is 11.6 Å². The highest BCUT2D eigenvalue weighted by molar-refractivity contribution is 6.01. The van der Waals surface area contributed by atoms with Crippen molar-refractivity contribution >= 4 is 11.8 Å². The molecule has 21 heavy (non-hydrogen) atoms. The summed E-state index contributed by atoms with van der Waals surface area (Å²) in [5.41, 5.74) is -1.29. The Kier molecular flexibility index (Phi) is 3.11. The summed E-state index contributed by atoms with van der Waals surface area (Å²) in [6.07, 6.45) is 2.84. The Bertz CT molecular complexity index is 579. The number of benzene rings is 1. The second-order valence-electron chi connectivity index (χ2n) is 6.35. The van der Waals surface area contributed by atoms with E-state index < -0.39 is 28.4 Å². The molecule has 4 rings (SSSR count). The summed E-state index contributed by atoms with van der Waals surface area (Å²) in [7, 11) is 0. The van der Waals surface area contributed by atoms with Crippen molar-refractivity contribution < 1.29 is 23.5 Å². The monoisotopic (exact) mass is 294 g/mol. The minimum Gasteiger partial charge on any atom is -0.481 e. The lowest BCUT2D eigenvalue weighted by atomic mass is 9.52. The molecule has 0 heterocycles. The van der Waals surface area contributed by atoms with E-state index in [-0.39, 0.29) is 11.3 Å². The largest absolute Gasteiger partial charge is 0.481 e. The molecule has 112 valence electrons. The highest BCUT2D eigenvalue weighted by Crippen LogP contribution is 2.58. The van der Waals surface area contributed by atoms with Crippen molar-refractivity contribution in [3.8, 4) is 0 Å². The van der Waals surface area contributed by atoms with Crippen molar-refractivity contribution in [3.05, 3.63) is 35.4 Å². The van der Waals surface area contributed by atoms with Crippen LogP contribution in [0.15, 0.2) is 18.2 Å². The van der Waals surface area contributed by atoms with Crippen molar-refractivity contribution in [2.75, 3.05) is 0 Å². The zero-order chi connectivity index (χ0) is 15.3. The van der Waals surface area contributed by atoms with Crippen LogP contribution in [-0.2, 0) is 4.79 Å². The normalized spacial score (nSPS) is 31.1. The van der Waals surface area contributed by atoms with E-state index in [9.17, 15) is 23.5 Å². The predicted molar refractivity (Wildman–Crippen MR) is 70.9 cm³/mol. The number of carbonyl (C=O) groups excluding carboxylic acids is 1. The first-order chi connectivity index (χ1) is 9.87. The van der Waals surface area contributed by atoms with Crippen LogP contribution in [0.25, 0.3) is 0 Å². The first-order valence-electron chi connectivity index (χ1n) is 7.11. The maximum absolute atomic E-state index is 13.3. The number of halogens is 2. The zero-order valence-electron chi connectivity index (χ0n) is 11.5. The third kappa shape index (κ3) is 2.15. The van der Waals surface area contributed by atoms with Gasteiger partial charge in [-0.3, -0.25) is 9.59 Å². The van der Waals surface area contributed by atoms with Crippen LogP contribution in [0.3, 0.4) is 0 Å². The number of hydrogen-bond acceptors (Lipinski definition) is 2. The molecule has 0 spiro atoms. The Hall–Kier alpha value is -1.78. The summed E-state index contributed by atoms with van der Waals surface area (Å²) >= 11 is 0. The topological polar surface area (TPSA) is 54.4 Å². The van der Waals surface area contributed by atoms with Gasteiger partial charge in [-0.25, -0.2) is 8.78 Å². The van der Waals surface area contributed by atoms with Gasteiger partial charge in [-0.1, -0.05) is 0 Å². The van der Waals surface area contributed by atoms with Crippen molar-refractivity contribution in [2.24, 2.45) is 10.8 Å². The van der Waals surface area contributed by atoms with Crippen LogP contribution in [0, 0.1) is 22.5 Å². The SMILES string of the molecule is O=C(O)C12CCC(C(=O)c3cc(F)cc(F)c3)(CC1)CC2. The smallest absolute Gasteiger partial charge is 0.309 e. The average Bonchev–Trinajstić information content (AvgIpc) is 2.47. The number of Topliss-reactive ketones (excluding diaryl/α,β-unsaturated/α-hetero) is 1. The quantitative estimate of drug-likeness (QED) is 0.867. The lowest BCUT2D eigenvalue weighted by molar-refractivity contribution is -0.157. The van der Waals surface area contributed by atoms with Gasteiger partial charge in [-0.15, -0.1) is 0 Å². The van der Waals surface area contributed by atoms with Crippen LogP contribution in [0.4, 0.5) is 8.78 Å². The molecule has 1 N–H and O–H groups in total. The van der Waals surface area contributed by atoms with Crippen LogP contribution >= 0.6 is 0 Å². The fourth-order valence-electron chi connectivity index (χ4n) is 3.84. The Morgan fingerprint density at radius 1 is 0.857 bits per heavy atom. The minimum absolute atomic E-state index is 0.0530. The molecule has 1 aromatic rings. The molecule has 5 heteroatoms. The number of carbonyl (C=O) groups is 2. The van der Waals surface area contributed by atoms with Gasteiger partial charge in [-0.2, -0.15) is 0 Å². The van der Waals surface area contributed by atoms with Crippen LogP contribution in [0.2, 0.25) is 0 Å². The average molecular weight is 294 g/mol. The molecular weight excluding hydrogens is 278 g/mol. The first kappa shape index (κ1) is 14.2. The van der Waals surface area contributed by atoms with E-state index in [2.05, 4.69) is 0 Å². The second kappa shape index (κ2) is 4.61. The lowest BCUT2D eigenvalue weighted by Gasteiger charge is -2.50. The molecule has 3 nitrogen and oxygen atoms in total. The van der Waals surface area contributed by atoms with Gasteiger partial charge in [0.15, 0.2) is 5.78 Å². The van der Waals surface area contributed by atoms with Gasteiger partial charge in [0.2, 0.25) is 0 Å². The van der Waals surface area contributed by atoms with Crippen molar-refractivity contribution in [1.82, 2.24) is 0 Å². The van der Waals surface area contributed by atoms with Crippen LogP contribution < -0.4 is 0 Å². The molecule has 0 amide bonds. The predicted octanol–water partition coefficient (Wildman–Crippen LogP) is 3.57. The number of ketones is 1. The van der Waals surface area contributed by atoms with Gasteiger partial charge in [-0.05, 0) is 50.7 Å². The summed E-state index contributed by atoms with van der Waals surface area (Å²) in [4.78, 5) is 24.1. The van der Waals surface area contributed by atoms with E-state index in [0.29, 0.717) is 38.5 Å². The van der Waals surface area contributed by atoms with E-state index in [0.717, 1.165) is 18.2 Å². The Labute approximate surface area is 121 Å². The number of hydrogen-bond donors (Lipinski definition) is 1. The fraction of sp³-hybridized carbons (Fsp3) is 0.500. The van der Waals surface area contributed by atoms with Crippen molar-refractivity contribution in [3.63, 3.8) is 0 Å². The summed E-state index contributed by atoms with van der Waals surface area (Å²) in [5, 5.41) is 9.34. The number of carboxylic acids is 1. The van der Waals surface area contributed by atoms with Crippen molar-refractivity contribution in [2.45, 2.75) is 38.5 Å². The molecule has 0 saturated heterocycles. The summed E-state index contributed by atoms with van der Waals surface area (Å²) in [6, 6.07) is 2.87. The lowest BCUT2D eigenvalue weighted by Crippen LogP contribution is -2.49. The standard InChI is InChI=1S/C16H16F2O3/c17-11-7-10(8-12(18)9-11)13(19)15-1-4-16(5-2-15,6-3-15)14(20)21/h7-9H,1-6H2,(H,20,21). The van der Waals surface area contributed by atoms with E-state index >= 15 is 0 Å². The minimum atomic E-state index is -0.792. The van der Waals surface area contributed by atoms with Gasteiger partial charge in [0.05, 0.1) is 5.41 Å². The van der Waals surface area contributed by atoms with Gasteiger partial charge in [0, 0.05) is 17.0 Å². The van der Waals surface area contributed by atoms with Gasteiger partial charge >= 0.3 is 5.97 Å². The number of aliphatic carboxylic acids is 1. The Balaban J connectivity index is 1.88. The molecular formula is C16H16F2O3. The molecule has 0 radical (unpaired) electrons. The van der Waals surface area contributed by atoms with E-state index in [1.807, 2.05) is 0 Å². The maximum Gasteiger partial charge on any atom is 0.309 e. The van der Waals surface area contributed by atoms with Gasteiger partial charge < -0.3 is 5.11 Å². The highest BCUT2D eigenvalue weighted by Gasteiger charge is 2.55. The molecule has 0 unspecified atom stereocenters. The van der Waals surface area contributed by atoms with E-state index in [4.69, 9.17) is 0 Å². The summed E-state index contributed by atoms with van der Waals surface area (Å²) < 4.78 is 26.6. The number of rotatable bonds is 3. The van der Waals surface area contributed by atoms with E-state index in [1.165, 1.54) is 0 Å². The Morgan fingerprint density at radius 2 is 1.29 bits per heavy atom. The Morgan fingerprint density at radius 3 is 1.71 bits per heavy atom. The van der Waals surface area contributed by atoms with Crippen LogP contribution in [0.5, 0.6) is 0 Å². The number of carboxylic acid groups (broad SMARTS) is 1. The van der Waals surface area contributed by atoms with Gasteiger partial charge in [0.25, 0.3) is 0 Å². The zero-order valence-corrected chi connectivity index (χ0v) is 11.5. The first-order valence-corrected chi connectivity index (χ1v) is 7.11. The molecule has 1 aromatic carbocycles.